The maximum Gasteiger partial charge on any atom is 0.257 e. The van der Waals surface area contributed by atoms with Crippen LogP contribution in [0.25, 0.3) is 0 Å². The monoisotopic (exact) mass is 344 g/mol. The molecule has 0 aliphatic carbocycles. The van der Waals surface area contributed by atoms with Gasteiger partial charge in [-0.2, -0.15) is 0 Å². The summed E-state index contributed by atoms with van der Waals surface area (Å²) in [5, 5.41) is 0. The lowest BCUT2D eigenvalue weighted by Gasteiger charge is -2.34. The van der Waals surface area contributed by atoms with E-state index in [0.29, 0.717) is 17.2 Å². The van der Waals surface area contributed by atoms with E-state index in [1.807, 2.05) is 31.0 Å². The molecule has 1 aliphatic heterocycles. The zero-order valence-electron chi connectivity index (χ0n) is 15.7. The third-order valence-electron chi connectivity index (χ3n) is 4.85. The molecule has 0 radical (unpaired) electrons. The first-order valence-corrected chi connectivity index (χ1v) is 9.05. The average Bonchev–Trinajstić information content (AvgIpc) is 3.19. The van der Waals surface area contributed by atoms with Gasteiger partial charge in [0.15, 0.2) is 0 Å². The van der Waals surface area contributed by atoms with Crippen molar-refractivity contribution in [2.45, 2.75) is 40.2 Å². The topological polar surface area (TPSA) is 54.5 Å². The summed E-state index contributed by atoms with van der Waals surface area (Å²) in [6, 6.07) is 1.84. The van der Waals surface area contributed by atoms with Crippen molar-refractivity contribution in [2.24, 2.45) is 0 Å². The number of carbonyl (C=O) groups is 1. The zero-order valence-corrected chi connectivity index (χ0v) is 15.7. The maximum atomic E-state index is 12.6. The number of amides is 1. The van der Waals surface area contributed by atoms with Crippen molar-refractivity contribution >= 4 is 5.91 Å². The van der Waals surface area contributed by atoms with Gasteiger partial charge in [0, 0.05) is 57.6 Å². The second-order valence-electron chi connectivity index (χ2n) is 7.09. The minimum Gasteiger partial charge on any atom is -0.466 e. The largest absolute Gasteiger partial charge is 0.466 e. The Morgan fingerprint density at radius 3 is 2.52 bits per heavy atom. The first-order valence-electron chi connectivity index (χ1n) is 9.05. The van der Waals surface area contributed by atoms with Gasteiger partial charge < -0.3 is 13.9 Å². The number of furan rings is 1. The highest BCUT2D eigenvalue weighted by Crippen LogP contribution is 2.17. The molecule has 1 saturated heterocycles. The SMILES string of the molecule is Cc1cc(C(=O)N2CCN(CCn3ccnc3C(C)C)CC2)c(C)o1. The Hall–Kier alpha value is -2.08. The molecule has 136 valence electrons. The molecule has 3 heterocycles. The Morgan fingerprint density at radius 2 is 1.92 bits per heavy atom. The smallest absolute Gasteiger partial charge is 0.257 e. The number of carbonyl (C=O) groups excluding carboxylic acids is 1. The molecule has 0 N–H and O–H groups in total. The van der Waals surface area contributed by atoms with Crippen LogP contribution in [-0.2, 0) is 6.54 Å². The van der Waals surface area contributed by atoms with E-state index in [9.17, 15) is 4.79 Å². The minimum atomic E-state index is 0.0886. The predicted octanol–water partition coefficient (Wildman–Crippen LogP) is 2.67. The number of aryl methyl sites for hydroxylation is 2. The highest BCUT2D eigenvalue weighted by atomic mass is 16.3. The normalized spacial score (nSPS) is 16.0. The lowest BCUT2D eigenvalue weighted by molar-refractivity contribution is 0.0631. The van der Waals surface area contributed by atoms with Gasteiger partial charge in [-0.15, -0.1) is 0 Å². The van der Waals surface area contributed by atoms with Crippen molar-refractivity contribution < 1.29 is 9.21 Å². The van der Waals surface area contributed by atoms with Crippen molar-refractivity contribution in [1.29, 1.82) is 0 Å². The van der Waals surface area contributed by atoms with Gasteiger partial charge in [-0.25, -0.2) is 4.98 Å². The van der Waals surface area contributed by atoms with Crippen LogP contribution in [0.3, 0.4) is 0 Å². The van der Waals surface area contributed by atoms with Crippen molar-refractivity contribution in [1.82, 2.24) is 19.4 Å². The molecule has 0 aromatic carbocycles. The summed E-state index contributed by atoms with van der Waals surface area (Å²) in [4.78, 5) is 21.4. The quantitative estimate of drug-likeness (QED) is 0.837. The van der Waals surface area contributed by atoms with E-state index in [0.717, 1.165) is 50.9 Å². The van der Waals surface area contributed by atoms with Gasteiger partial charge >= 0.3 is 0 Å². The molecule has 25 heavy (non-hydrogen) atoms. The molecule has 1 fully saturated rings. The summed E-state index contributed by atoms with van der Waals surface area (Å²) in [5.41, 5.74) is 0.700. The molecule has 1 amide bonds. The molecular formula is C19H28N4O2. The van der Waals surface area contributed by atoms with Gasteiger partial charge in [0.25, 0.3) is 5.91 Å². The van der Waals surface area contributed by atoms with E-state index in [-0.39, 0.29) is 5.91 Å². The Kier molecular flexibility index (Phi) is 5.27. The molecule has 6 nitrogen and oxygen atoms in total. The zero-order chi connectivity index (χ0) is 18.0. The average molecular weight is 344 g/mol. The predicted molar refractivity (Wildman–Crippen MR) is 96.8 cm³/mol. The molecule has 2 aromatic rings. The van der Waals surface area contributed by atoms with Crippen LogP contribution in [0.5, 0.6) is 0 Å². The Balaban J connectivity index is 1.51. The van der Waals surface area contributed by atoms with Crippen molar-refractivity contribution in [3.63, 3.8) is 0 Å². The lowest BCUT2D eigenvalue weighted by Crippen LogP contribution is -2.49. The van der Waals surface area contributed by atoms with E-state index in [1.54, 1.807) is 0 Å². The van der Waals surface area contributed by atoms with Gasteiger partial charge in [0.2, 0.25) is 0 Å². The standard InChI is InChI=1S/C19H28N4O2/c1-14(2)18-20-5-6-22(18)10-7-21-8-11-23(12-9-21)19(24)17-13-15(3)25-16(17)4/h5-6,13-14H,7-12H2,1-4H3. The van der Waals surface area contributed by atoms with E-state index < -0.39 is 0 Å². The summed E-state index contributed by atoms with van der Waals surface area (Å²) in [6.07, 6.45) is 3.93. The molecule has 0 unspecified atom stereocenters. The Morgan fingerprint density at radius 1 is 1.20 bits per heavy atom. The van der Waals surface area contributed by atoms with Crippen LogP contribution in [0.2, 0.25) is 0 Å². The van der Waals surface area contributed by atoms with E-state index in [2.05, 4.69) is 34.5 Å². The first kappa shape index (κ1) is 17.7. The number of rotatable bonds is 5. The molecular weight excluding hydrogens is 316 g/mol. The Bertz CT molecular complexity index is 724. The third kappa shape index (κ3) is 3.95. The number of nitrogens with zero attached hydrogens (tertiary/aromatic N) is 4. The van der Waals surface area contributed by atoms with E-state index >= 15 is 0 Å². The summed E-state index contributed by atoms with van der Waals surface area (Å²) >= 11 is 0. The van der Waals surface area contributed by atoms with Crippen LogP contribution < -0.4 is 0 Å². The van der Waals surface area contributed by atoms with Gasteiger partial charge in [0.05, 0.1) is 5.56 Å². The fourth-order valence-electron chi connectivity index (χ4n) is 3.45. The molecule has 0 atom stereocenters. The first-order chi connectivity index (χ1) is 12.0. The van der Waals surface area contributed by atoms with Gasteiger partial charge in [0.1, 0.15) is 17.3 Å². The maximum absolute atomic E-state index is 12.6. The molecule has 2 aromatic heterocycles. The summed E-state index contributed by atoms with van der Waals surface area (Å²) in [6.45, 7) is 13.4. The second kappa shape index (κ2) is 7.44. The van der Waals surface area contributed by atoms with Crippen LogP contribution in [0.4, 0.5) is 0 Å². The van der Waals surface area contributed by atoms with Crippen LogP contribution in [0.1, 0.15) is 47.5 Å². The molecule has 0 bridgehead atoms. The third-order valence-corrected chi connectivity index (χ3v) is 4.85. The molecule has 0 saturated carbocycles. The molecule has 0 spiro atoms. The highest BCUT2D eigenvalue weighted by Gasteiger charge is 2.24. The van der Waals surface area contributed by atoms with Crippen molar-refractivity contribution in [2.75, 3.05) is 32.7 Å². The van der Waals surface area contributed by atoms with E-state index in [4.69, 9.17) is 4.42 Å². The van der Waals surface area contributed by atoms with Gasteiger partial charge in [-0.3, -0.25) is 9.69 Å². The number of aromatic nitrogens is 2. The summed E-state index contributed by atoms with van der Waals surface area (Å²) in [7, 11) is 0. The minimum absolute atomic E-state index is 0.0886. The number of hydrogen-bond donors (Lipinski definition) is 0. The fourth-order valence-corrected chi connectivity index (χ4v) is 3.45. The summed E-state index contributed by atoms with van der Waals surface area (Å²) < 4.78 is 7.73. The lowest BCUT2D eigenvalue weighted by atomic mass is 10.2. The van der Waals surface area contributed by atoms with Crippen LogP contribution in [0, 0.1) is 13.8 Å². The molecule has 3 rings (SSSR count). The van der Waals surface area contributed by atoms with Gasteiger partial charge in [-0.05, 0) is 19.9 Å². The van der Waals surface area contributed by atoms with Crippen LogP contribution in [0.15, 0.2) is 22.9 Å². The van der Waals surface area contributed by atoms with E-state index in [1.165, 1.54) is 0 Å². The summed E-state index contributed by atoms with van der Waals surface area (Å²) in [5.74, 6) is 3.17. The number of piperazine rings is 1. The van der Waals surface area contributed by atoms with Crippen LogP contribution in [-0.4, -0.2) is 58.0 Å². The molecule has 6 heteroatoms. The fraction of sp³-hybridized carbons (Fsp3) is 0.579. The number of hydrogen-bond acceptors (Lipinski definition) is 4. The van der Waals surface area contributed by atoms with Crippen molar-refractivity contribution in [3.8, 4) is 0 Å². The van der Waals surface area contributed by atoms with Gasteiger partial charge in [-0.1, -0.05) is 13.8 Å². The molecule has 1 aliphatic rings. The van der Waals surface area contributed by atoms with Crippen LogP contribution >= 0.6 is 0 Å². The Labute approximate surface area is 149 Å². The highest BCUT2D eigenvalue weighted by molar-refractivity contribution is 5.95. The second-order valence-corrected chi connectivity index (χ2v) is 7.09. The number of imidazole rings is 1. The van der Waals surface area contributed by atoms with Crippen molar-refractivity contribution in [3.05, 3.63) is 41.4 Å².